The smallest absolute Gasteiger partial charge is 0.408 e. The van der Waals surface area contributed by atoms with Crippen LogP contribution in [0.25, 0.3) is 11.1 Å². The molecule has 0 aliphatic heterocycles. The third-order valence-corrected chi connectivity index (χ3v) is 6.39. The molecule has 0 fully saturated rings. The maximum Gasteiger partial charge on any atom is 0.420 e. The quantitative estimate of drug-likeness (QED) is 0.675. The number of benzene rings is 2. The number of rotatable bonds is 6. The molecule has 1 atom stereocenters. The Hall–Kier alpha value is -2.91. The van der Waals surface area contributed by atoms with Gasteiger partial charge in [-0.1, -0.05) is 30.3 Å². The van der Waals surface area contributed by atoms with E-state index >= 15 is 0 Å². The highest BCUT2D eigenvalue weighted by atomic mass is 32.2. The van der Waals surface area contributed by atoms with E-state index in [0.29, 0.717) is 16.7 Å². The lowest BCUT2D eigenvalue weighted by molar-refractivity contribution is -0.124. The lowest BCUT2D eigenvalue weighted by Gasteiger charge is -2.17. The topological polar surface area (TPSA) is 102 Å². The van der Waals surface area contributed by atoms with Crippen molar-refractivity contribution in [2.75, 3.05) is 14.1 Å². The second-order valence-corrected chi connectivity index (χ2v) is 8.61. The summed E-state index contributed by atoms with van der Waals surface area (Å²) in [7, 11) is -0.747. The SMILES string of the molecule is CC(C(=O)NCc1ccccc1S(=O)(=O)N(C)C)n1c(=O)oc2ccccc21. The van der Waals surface area contributed by atoms with E-state index in [1.54, 1.807) is 49.4 Å². The summed E-state index contributed by atoms with van der Waals surface area (Å²) in [6.07, 6.45) is 0. The van der Waals surface area contributed by atoms with Gasteiger partial charge in [0.05, 0.1) is 10.4 Å². The van der Waals surface area contributed by atoms with Crippen molar-refractivity contribution in [3.63, 3.8) is 0 Å². The molecule has 9 heteroatoms. The van der Waals surface area contributed by atoms with Crippen molar-refractivity contribution < 1.29 is 17.6 Å². The largest absolute Gasteiger partial charge is 0.420 e. The average Bonchev–Trinajstić information content (AvgIpc) is 3.01. The number of hydrogen-bond acceptors (Lipinski definition) is 5. The molecule has 0 saturated heterocycles. The van der Waals surface area contributed by atoms with E-state index in [9.17, 15) is 18.0 Å². The second kappa shape index (κ2) is 7.61. The van der Waals surface area contributed by atoms with Gasteiger partial charge in [-0.25, -0.2) is 17.5 Å². The van der Waals surface area contributed by atoms with Gasteiger partial charge in [0.2, 0.25) is 15.9 Å². The lowest BCUT2D eigenvalue weighted by atomic mass is 10.2. The first-order chi connectivity index (χ1) is 13.2. The third-order valence-electron chi connectivity index (χ3n) is 4.47. The predicted octanol–water partition coefficient (Wildman–Crippen LogP) is 1.72. The first-order valence-electron chi connectivity index (χ1n) is 8.61. The molecule has 0 bridgehead atoms. The third kappa shape index (κ3) is 3.58. The van der Waals surface area contributed by atoms with Gasteiger partial charge in [0.1, 0.15) is 6.04 Å². The molecule has 1 unspecified atom stereocenters. The summed E-state index contributed by atoms with van der Waals surface area (Å²) in [5, 5.41) is 2.71. The van der Waals surface area contributed by atoms with Gasteiger partial charge in [-0.2, -0.15) is 0 Å². The van der Waals surface area contributed by atoms with Gasteiger partial charge in [0, 0.05) is 20.6 Å². The van der Waals surface area contributed by atoms with Crippen molar-refractivity contribution in [3.8, 4) is 0 Å². The van der Waals surface area contributed by atoms with E-state index in [2.05, 4.69) is 5.32 Å². The molecule has 0 spiro atoms. The number of sulfonamides is 1. The van der Waals surface area contributed by atoms with E-state index in [1.807, 2.05) is 0 Å². The Morgan fingerprint density at radius 1 is 1.14 bits per heavy atom. The number of para-hydroxylation sites is 2. The lowest BCUT2D eigenvalue weighted by Crippen LogP contribution is -2.34. The fraction of sp³-hybridized carbons (Fsp3) is 0.263. The molecule has 1 N–H and O–H groups in total. The fourth-order valence-electron chi connectivity index (χ4n) is 2.90. The standard InChI is InChI=1S/C19H21N3O5S/c1-13(22-15-9-5-6-10-16(15)27-19(22)24)18(23)20-12-14-8-4-7-11-17(14)28(25,26)21(2)3/h4-11,13H,12H2,1-3H3,(H,20,23). The molecule has 1 heterocycles. The zero-order valence-electron chi connectivity index (χ0n) is 15.7. The molecule has 1 amide bonds. The number of nitrogens with zero attached hydrogens (tertiary/aromatic N) is 2. The van der Waals surface area contributed by atoms with Crippen LogP contribution >= 0.6 is 0 Å². The van der Waals surface area contributed by atoms with Gasteiger partial charge in [0.25, 0.3) is 0 Å². The van der Waals surface area contributed by atoms with Crippen LogP contribution in [0.4, 0.5) is 0 Å². The molecule has 2 aromatic carbocycles. The Kier molecular flexibility index (Phi) is 5.39. The summed E-state index contributed by atoms with van der Waals surface area (Å²) in [5.41, 5.74) is 1.38. The number of carbonyl (C=O) groups excluding carboxylic acids is 1. The van der Waals surface area contributed by atoms with Crippen molar-refractivity contribution in [1.29, 1.82) is 0 Å². The number of carbonyl (C=O) groups is 1. The Bertz CT molecular complexity index is 1180. The highest BCUT2D eigenvalue weighted by Gasteiger charge is 2.23. The second-order valence-electron chi connectivity index (χ2n) is 6.49. The molecule has 0 radical (unpaired) electrons. The Morgan fingerprint density at radius 2 is 1.79 bits per heavy atom. The molecule has 148 valence electrons. The zero-order chi connectivity index (χ0) is 20.5. The summed E-state index contributed by atoms with van der Waals surface area (Å²) in [4.78, 5) is 24.9. The number of amides is 1. The van der Waals surface area contributed by atoms with E-state index in [0.717, 1.165) is 4.31 Å². The number of hydrogen-bond donors (Lipinski definition) is 1. The van der Waals surface area contributed by atoms with Crippen LogP contribution in [-0.2, 0) is 21.4 Å². The summed E-state index contributed by atoms with van der Waals surface area (Å²) in [5.74, 6) is -1.05. The van der Waals surface area contributed by atoms with Gasteiger partial charge in [-0.15, -0.1) is 0 Å². The minimum Gasteiger partial charge on any atom is -0.408 e. The maximum atomic E-state index is 12.6. The molecule has 8 nitrogen and oxygen atoms in total. The van der Waals surface area contributed by atoms with Crippen LogP contribution < -0.4 is 11.1 Å². The highest BCUT2D eigenvalue weighted by Crippen LogP contribution is 2.19. The number of aromatic nitrogens is 1. The minimum atomic E-state index is -3.64. The highest BCUT2D eigenvalue weighted by molar-refractivity contribution is 7.89. The van der Waals surface area contributed by atoms with Gasteiger partial charge < -0.3 is 9.73 Å². The van der Waals surface area contributed by atoms with Crippen LogP contribution in [0.3, 0.4) is 0 Å². The molecule has 0 saturated carbocycles. The van der Waals surface area contributed by atoms with Crippen LogP contribution in [0, 0.1) is 0 Å². The van der Waals surface area contributed by atoms with Crippen molar-refractivity contribution in [2.24, 2.45) is 0 Å². The van der Waals surface area contributed by atoms with Crippen molar-refractivity contribution >= 4 is 27.0 Å². The molecular formula is C19H21N3O5S. The van der Waals surface area contributed by atoms with Crippen LogP contribution in [0.2, 0.25) is 0 Å². The van der Waals surface area contributed by atoms with Crippen molar-refractivity contribution in [2.45, 2.75) is 24.4 Å². The molecule has 3 aromatic rings. The van der Waals surface area contributed by atoms with Crippen LogP contribution in [-0.4, -0.2) is 37.3 Å². The van der Waals surface area contributed by atoms with Crippen molar-refractivity contribution in [1.82, 2.24) is 14.2 Å². The van der Waals surface area contributed by atoms with E-state index in [4.69, 9.17) is 4.42 Å². The zero-order valence-corrected chi connectivity index (χ0v) is 16.6. The van der Waals surface area contributed by atoms with Gasteiger partial charge in [-0.05, 0) is 30.7 Å². The summed E-state index contributed by atoms with van der Waals surface area (Å²) >= 11 is 0. The Labute approximate surface area is 162 Å². The number of fused-ring (bicyclic) bond motifs is 1. The summed E-state index contributed by atoms with van der Waals surface area (Å²) in [6.45, 7) is 1.60. The van der Waals surface area contributed by atoms with E-state index in [1.165, 1.54) is 24.7 Å². The average molecular weight is 403 g/mol. The van der Waals surface area contributed by atoms with Gasteiger partial charge >= 0.3 is 5.76 Å². The molecule has 3 rings (SSSR count). The Morgan fingerprint density at radius 3 is 2.50 bits per heavy atom. The number of oxazole rings is 1. The fourth-order valence-corrected chi connectivity index (χ4v) is 4.01. The normalized spacial score (nSPS) is 13.0. The van der Waals surface area contributed by atoms with E-state index < -0.39 is 27.7 Å². The number of nitrogens with one attached hydrogen (secondary N) is 1. The van der Waals surface area contributed by atoms with Crippen LogP contribution in [0.1, 0.15) is 18.5 Å². The monoisotopic (exact) mass is 403 g/mol. The van der Waals surface area contributed by atoms with Gasteiger partial charge in [0.15, 0.2) is 5.58 Å². The van der Waals surface area contributed by atoms with Crippen LogP contribution in [0.15, 0.2) is 62.6 Å². The van der Waals surface area contributed by atoms with Crippen molar-refractivity contribution in [3.05, 3.63) is 64.6 Å². The first-order valence-corrected chi connectivity index (χ1v) is 10.1. The molecule has 28 heavy (non-hydrogen) atoms. The maximum absolute atomic E-state index is 12.6. The molecular weight excluding hydrogens is 382 g/mol. The summed E-state index contributed by atoms with van der Waals surface area (Å²) < 4.78 is 32.5. The molecule has 0 aliphatic carbocycles. The van der Waals surface area contributed by atoms with Crippen LogP contribution in [0.5, 0.6) is 0 Å². The molecule has 0 aliphatic rings. The first kappa shape index (κ1) is 19.8. The van der Waals surface area contributed by atoms with E-state index in [-0.39, 0.29) is 11.4 Å². The molecule has 1 aromatic heterocycles. The Balaban J connectivity index is 1.84. The summed E-state index contributed by atoms with van der Waals surface area (Å²) in [6, 6.07) is 12.5. The van der Waals surface area contributed by atoms with Gasteiger partial charge in [-0.3, -0.25) is 9.36 Å². The predicted molar refractivity (Wildman–Crippen MR) is 104 cm³/mol. The minimum absolute atomic E-state index is 0.0109.